The molecule has 2 atom stereocenters. The van der Waals surface area contributed by atoms with Crippen LogP contribution in [0.25, 0.3) is 0 Å². The molecule has 1 saturated heterocycles. The smallest absolute Gasteiger partial charge is 0.323 e. The molecule has 0 spiro atoms. The van der Waals surface area contributed by atoms with Gasteiger partial charge in [-0.2, -0.15) is 0 Å². The number of nitrogens with two attached hydrogens (primary N) is 1. The average Bonchev–Trinajstić information content (AvgIpc) is 2.75. The Hall–Kier alpha value is -0.650. The SMILES string of the molecule is CCN1CCCC1CN(C)CCCC(C)(N)C(=O)O. The molecule has 0 aromatic rings. The minimum absolute atomic E-state index is 0.523. The summed E-state index contributed by atoms with van der Waals surface area (Å²) >= 11 is 0. The van der Waals surface area contributed by atoms with Crippen molar-refractivity contribution in [1.29, 1.82) is 0 Å². The quantitative estimate of drug-likeness (QED) is 0.689. The monoisotopic (exact) mass is 271 g/mol. The first-order chi connectivity index (χ1) is 8.86. The van der Waals surface area contributed by atoms with Crippen LogP contribution in [0.4, 0.5) is 0 Å². The van der Waals surface area contributed by atoms with Crippen molar-refractivity contribution in [3.05, 3.63) is 0 Å². The summed E-state index contributed by atoms with van der Waals surface area (Å²) in [5, 5.41) is 8.96. The van der Waals surface area contributed by atoms with E-state index in [0.717, 1.165) is 26.1 Å². The molecule has 2 unspecified atom stereocenters. The van der Waals surface area contributed by atoms with Gasteiger partial charge in [0.2, 0.25) is 0 Å². The number of carbonyl (C=O) groups is 1. The van der Waals surface area contributed by atoms with Crippen molar-refractivity contribution in [3.8, 4) is 0 Å². The van der Waals surface area contributed by atoms with E-state index in [1.54, 1.807) is 6.92 Å². The Morgan fingerprint density at radius 1 is 1.58 bits per heavy atom. The Bertz CT molecular complexity index is 294. The van der Waals surface area contributed by atoms with E-state index in [1.165, 1.54) is 19.4 Å². The number of hydrogen-bond donors (Lipinski definition) is 2. The molecule has 0 bridgehead atoms. The van der Waals surface area contributed by atoms with E-state index in [-0.39, 0.29) is 0 Å². The minimum Gasteiger partial charge on any atom is -0.480 e. The lowest BCUT2D eigenvalue weighted by atomic mass is 9.97. The van der Waals surface area contributed by atoms with Crippen LogP contribution in [-0.4, -0.2) is 65.7 Å². The summed E-state index contributed by atoms with van der Waals surface area (Å²) in [5.74, 6) is -0.914. The van der Waals surface area contributed by atoms with Crippen LogP contribution in [0.15, 0.2) is 0 Å². The number of rotatable bonds is 8. The van der Waals surface area contributed by atoms with Crippen molar-refractivity contribution < 1.29 is 9.90 Å². The van der Waals surface area contributed by atoms with E-state index in [0.29, 0.717) is 12.5 Å². The molecule has 1 rings (SSSR count). The summed E-state index contributed by atoms with van der Waals surface area (Å²) in [4.78, 5) is 15.7. The molecule has 5 nitrogen and oxygen atoms in total. The Labute approximate surface area is 116 Å². The Morgan fingerprint density at radius 2 is 2.26 bits per heavy atom. The van der Waals surface area contributed by atoms with Crippen LogP contribution in [0, 0.1) is 0 Å². The molecule has 0 amide bonds. The Kier molecular flexibility index (Phi) is 6.23. The van der Waals surface area contributed by atoms with Gasteiger partial charge in [-0.15, -0.1) is 0 Å². The highest BCUT2D eigenvalue weighted by atomic mass is 16.4. The van der Waals surface area contributed by atoms with Gasteiger partial charge in [0.1, 0.15) is 5.54 Å². The zero-order valence-corrected chi connectivity index (χ0v) is 12.6. The van der Waals surface area contributed by atoms with Crippen LogP contribution in [0.5, 0.6) is 0 Å². The predicted octanol–water partition coefficient (Wildman–Crippen LogP) is 0.985. The zero-order chi connectivity index (χ0) is 14.5. The molecule has 112 valence electrons. The van der Waals surface area contributed by atoms with Gasteiger partial charge in [0.15, 0.2) is 0 Å². The number of likely N-dealkylation sites (tertiary alicyclic amines) is 1. The van der Waals surface area contributed by atoms with Crippen molar-refractivity contribution in [2.45, 2.75) is 51.1 Å². The lowest BCUT2D eigenvalue weighted by molar-refractivity contribution is -0.142. The molecule has 3 N–H and O–H groups in total. The number of nitrogens with zero attached hydrogens (tertiary/aromatic N) is 2. The average molecular weight is 271 g/mol. The number of aliphatic carboxylic acids is 1. The summed E-state index contributed by atoms with van der Waals surface area (Å²) < 4.78 is 0. The van der Waals surface area contributed by atoms with Crippen LogP contribution >= 0.6 is 0 Å². The first-order valence-electron chi connectivity index (χ1n) is 7.31. The summed E-state index contributed by atoms with van der Waals surface area (Å²) in [5.41, 5.74) is 4.63. The second-order valence-electron chi connectivity index (χ2n) is 6.01. The maximum absolute atomic E-state index is 10.9. The summed E-state index contributed by atoms with van der Waals surface area (Å²) in [7, 11) is 2.11. The van der Waals surface area contributed by atoms with Gasteiger partial charge in [0.25, 0.3) is 0 Å². The molecule has 19 heavy (non-hydrogen) atoms. The van der Waals surface area contributed by atoms with Crippen molar-refractivity contribution >= 4 is 5.97 Å². The molecular weight excluding hydrogens is 242 g/mol. The number of likely N-dealkylation sites (N-methyl/N-ethyl adjacent to an activating group) is 2. The van der Waals surface area contributed by atoms with E-state index < -0.39 is 11.5 Å². The van der Waals surface area contributed by atoms with Crippen LogP contribution in [0.3, 0.4) is 0 Å². The molecule has 1 heterocycles. The largest absolute Gasteiger partial charge is 0.480 e. The van der Waals surface area contributed by atoms with Crippen molar-refractivity contribution in [2.75, 3.05) is 33.2 Å². The van der Waals surface area contributed by atoms with E-state index in [1.807, 2.05) is 0 Å². The third-order valence-electron chi connectivity index (χ3n) is 4.15. The maximum Gasteiger partial charge on any atom is 0.323 e. The number of carboxylic acids is 1. The first-order valence-corrected chi connectivity index (χ1v) is 7.31. The molecule has 1 fully saturated rings. The summed E-state index contributed by atoms with van der Waals surface area (Å²) in [6.07, 6.45) is 3.93. The Balaban J connectivity index is 2.24. The zero-order valence-electron chi connectivity index (χ0n) is 12.6. The van der Waals surface area contributed by atoms with Gasteiger partial charge >= 0.3 is 5.97 Å². The molecular formula is C14H29N3O2. The van der Waals surface area contributed by atoms with Crippen molar-refractivity contribution in [2.24, 2.45) is 5.73 Å². The third-order valence-corrected chi connectivity index (χ3v) is 4.15. The van der Waals surface area contributed by atoms with Crippen LogP contribution in [0.1, 0.15) is 39.5 Å². The first kappa shape index (κ1) is 16.4. The van der Waals surface area contributed by atoms with Crippen molar-refractivity contribution in [3.63, 3.8) is 0 Å². The van der Waals surface area contributed by atoms with E-state index >= 15 is 0 Å². The summed E-state index contributed by atoms with van der Waals surface area (Å²) in [6.45, 7) is 8.12. The molecule has 0 radical (unpaired) electrons. The lowest BCUT2D eigenvalue weighted by Gasteiger charge is -2.28. The fraction of sp³-hybridized carbons (Fsp3) is 0.929. The van der Waals surface area contributed by atoms with Gasteiger partial charge < -0.3 is 15.7 Å². The topological polar surface area (TPSA) is 69.8 Å². The molecule has 1 aliphatic heterocycles. The third kappa shape index (κ3) is 5.09. The van der Waals surface area contributed by atoms with Gasteiger partial charge in [-0.25, -0.2) is 0 Å². The lowest BCUT2D eigenvalue weighted by Crippen LogP contribution is -2.45. The van der Waals surface area contributed by atoms with Crippen LogP contribution < -0.4 is 5.73 Å². The molecule has 0 aliphatic carbocycles. The predicted molar refractivity (Wildman–Crippen MR) is 77.2 cm³/mol. The highest BCUT2D eigenvalue weighted by molar-refractivity contribution is 5.77. The Morgan fingerprint density at radius 3 is 2.84 bits per heavy atom. The van der Waals surface area contributed by atoms with Crippen molar-refractivity contribution in [1.82, 2.24) is 9.80 Å². The van der Waals surface area contributed by atoms with E-state index in [2.05, 4.69) is 23.8 Å². The highest BCUT2D eigenvalue weighted by Crippen LogP contribution is 2.17. The van der Waals surface area contributed by atoms with E-state index in [9.17, 15) is 4.79 Å². The van der Waals surface area contributed by atoms with E-state index in [4.69, 9.17) is 10.8 Å². The molecule has 1 aliphatic rings. The molecule has 5 heteroatoms. The van der Waals surface area contributed by atoms with Gasteiger partial charge in [0, 0.05) is 12.6 Å². The highest BCUT2D eigenvalue weighted by Gasteiger charge is 2.28. The van der Waals surface area contributed by atoms with Crippen LogP contribution in [-0.2, 0) is 4.79 Å². The number of hydrogen-bond acceptors (Lipinski definition) is 4. The minimum atomic E-state index is -1.09. The fourth-order valence-corrected chi connectivity index (χ4v) is 2.79. The van der Waals surface area contributed by atoms with Crippen LogP contribution in [0.2, 0.25) is 0 Å². The van der Waals surface area contributed by atoms with Gasteiger partial charge in [-0.1, -0.05) is 6.92 Å². The maximum atomic E-state index is 10.9. The second kappa shape index (κ2) is 7.22. The van der Waals surface area contributed by atoms with Gasteiger partial charge in [-0.3, -0.25) is 9.69 Å². The fourth-order valence-electron chi connectivity index (χ4n) is 2.79. The van der Waals surface area contributed by atoms with Gasteiger partial charge in [-0.05, 0) is 59.3 Å². The van der Waals surface area contributed by atoms with Gasteiger partial charge in [0.05, 0.1) is 0 Å². The summed E-state index contributed by atoms with van der Waals surface area (Å²) in [6, 6.07) is 0.665. The molecule has 0 aromatic carbocycles. The molecule has 0 aromatic heterocycles. The standard InChI is InChI=1S/C14H29N3O2/c1-4-17-10-5-7-12(17)11-16(3)9-6-8-14(2,15)13(18)19/h12H,4-11,15H2,1-3H3,(H,18,19). The second-order valence-corrected chi connectivity index (χ2v) is 6.01. The normalized spacial score (nSPS) is 23.7. The molecule has 0 saturated carbocycles. The number of carboxylic acid groups (broad SMARTS) is 1.